The van der Waals surface area contributed by atoms with Crippen molar-refractivity contribution >= 4 is 5.78 Å². The molecule has 34 heavy (non-hydrogen) atoms. The van der Waals surface area contributed by atoms with Crippen LogP contribution in [0.15, 0.2) is 18.2 Å². The first-order chi connectivity index (χ1) is 16.2. The molecule has 1 saturated carbocycles. The molecular formula is C32H61NO. The minimum atomic E-state index is 0.289. The fourth-order valence-electron chi connectivity index (χ4n) is 4.19. The molecule has 0 atom stereocenters. The Morgan fingerprint density at radius 2 is 1.32 bits per heavy atom. The third-order valence-electron chi connectivity index (χ3n) is 6.23. The van der Waals surface area contributed by atoms with Gasteiger partial charge in [-0.3, -0.25) is 0 Å². The first-order valence-electron chi connectivity index (χ1n) is 14.5. The molecule has 1 aromatic carbocycles. The largest absolute Gasteiger partial charge is 0.303 e. The van der Waals surface area contributed by atoms with Gasteiger partial charge in [-0.2, -0.15) is 0 Å². The molecule has 0 saturated heterocycles. The highest BCUT2D eigenvalue weighted by atomic mass is 16.1. The van der Waals surface area contributed by atoms with Crippen molar-refractivity contribution < 1.29 is 4.79 Å². The molecule has 0 N–H and O–H groups in total. The monoisotopic (exact) mass is 475 g/mol. The topological polar surface area (TPSA) is 20.3 Å². The van der Waals surface area contributed by atoms with Gasteiger partial charge in [0.05, 0.1) is 0 Å². The zero-order valence-corrected chi connectivity index (χ0v) is 24.8. The van der Waals surface area contributed by atoms with Gasteiger partial charge in [0.2, 0.25) is 0 Å². The van der Waals surface area contributed by atoms with E-state index in [1.807, 2.05) is 6.92 Å². The number of aryl methyl sites for hydroxylation is 3. The molecule has 1 aliphatic carbocycles. The Kier molecular flexibility index (Phi) is 25.7. The highest BCUT2D eigenvalue weighted by Crippen LogP contribution is 2.22. The molecule has 2 heteroatoms. The molecule has 0 bridgehead atoms. The molecule has 1 aliphatic rings. The number of rotatable bonds is 10. The SMILES string of the molecule is CC1CCCCC1.CCCC(C)=O.CCCN(CCC)CCC.CCCc1ccc(C)c(C)c1. The van der Waals surface area contributed by atoms with E-state index in [9.17, 15) is 4.79 Å². The van der Waals surface area contributed by atoms with E-state index < -0.39 is 0 Å². The van der Waals surface area contributed by atoms with E-state index in [2.05, 4.69) is 71.6 Å². The normalized spacial score (nSPS) is 13.1. The lowest BCUT2D eigenvalue weighted by molar-refractivity contribution is -0.117. The molecule has 0 aromatic heterocycles. The number of carbonyl (C=O) groups is 1. The van der Waals surface area contributed by atoms with Gasteiger partial charge in [-0.1, -0.05) is 98.3 Å². The maximum atomic E-state index is 10.0. The van der Waals surface area contributed by atoms with Crippen molar-refractivity contribution in [1.82, 2.24) is 4.90 Å². The van der Waals surface area contributed by atoms with Crippen LogP contribution in [-0.2, 0) is 11.2 Å². The van der Waals surface area contributed by atoms with Crippen LogP contribution in [0.2, 0.25) is 0 Å². The average molecular weight is 476 g/mol. The van der Waals surface area contributed by atoms with Crippen LogP contribution in [0.4, 0.5) is 0 Å². The van der Waals surface area contributed by atoms with E-state index in [-0.39, 0.29) is 5.78 Å². The van der Waals surface area contributed by atoms with Gasteiger partial charge >= 0.3 is 0 Å². The maximum Gasteiger partial charge on any atom is 0.129 e. The second-order valence-corrected chi connectivity index (χ2v) is 10.2. The predicted octanol–water partition coefficient (Wildman–Crippen LogP) is 9.74. The Morgan fingerprint density at radius 3 is 1.62 bits per heavy atom. The lowest BCUT2D eigenvalue weighted by Crippen LogP contribution is -2.25. The molecule has 200 valence electrons. The van der Waals surface area contributed by atoms with Crippen LogP contribution in [0.25, 0.3) is 0 Å². The Bertz CT molecular complexity index is 560. The van der Waals surface area contributed by atoms with Crippen molar-refractivity contribution in [3.63, 3.8) is 0 Å². The summed E-state index contributed by atoms with van der Waals surface area (Å²) in [7, 11) is 0. The van der Waals surface area contributed by atoms with Crippen molar-refractivity contribution in [2.24, 2.45) is 5.92 Å². The molecule has 0 spiro atoms. The minimum absolute atomic E-state index is 0.289. The summed E-state index contributed by atoms with van der Waals surface area (Å²) in [6, 6.07) is 6.73. The summed E-state index contributed by atoms with van der Waals surface area (Å²) >= 11 is 0. The second-order valence-electron chi connectivity index (χ2n) is 10.2. The fraction of sp³-hybridized carbons (Fsp3) is 0.781. The van der Waals surface area contributed by atoms with Crippen LogP contribution >= 0.6 is 0 Å². The van der Waals surface area contributed by atoms with Crippen molar-refractivity contribution in [3.05, 3.63) is 34.9 Å². The number of benzene rings is 1. The quantitative estimate of drug-likeness (QED) is 0.335. The summed E-state index contributed by atoms with van der Waals surface area (Å²) in [6.45, 7) is 23.1. The molecule has 0 amide bonds. The molecule has 0 radical (unpaired) electrons. The number of Topliss-reactive ketones (excluding diaryl/α,β-unsaturated/α-hetero) is 1. The van der Waals surface area contributed by atoms with Crippen LogP contribution in [0, 0.1) is 19.8 Å². The summed E-state index contributed by atoms with van der Waals surface area (Å²) < 4.78 is 0. The second kappa shape index (κ2) is 25.0. The number of ketones is 1. The minimum Gasteiger partial charge on any atom is -0.303 e. The van der Waals surface area contributed by atoms with Crippen LogP contribution < -0.4 is 0 Å². The van der Waals surface area contributed by atoms with E-state index in [0.717, 1.165) is 18.8 Å². The number of hydrogen-bond donors (Lipinski definition) is 0. The van der Waals surface area contributed by atoms with Crippen LogP contribution in [0.3, 0.4) is 0 Å². The molecular weight excluding hydrogens is 414 g/mol. The van der Waals surface area contributed by atoms with E-state index >= 15 is 0 Å². The van der Waals surface area contributed by atoms with Gasteiger partial charge in [0.25, 0.3) is 0 Å². The first-order valence-corrected chi connectivity index (χ1v) is 14.5. The zero-order valence-electron chi connectivity index (χ0n) is 24.8. The summed E-state index contributed by atoms with van der Waals surface area (Å²) in [5.41, 5.74) is 4.27. The van der Waals surface area contributed by atoms with Crippen LogP contribution in [-0.4, -0.2) is 30.3 Å². The van der Waals surface area contributed by atoms with Crippen molar-refractivity contribution in [3.8, 4) is 0 Å². The first kappa shape index (κ1) is 35.0. The van der Waals surface area contributed by atoms with Gasteiger partial charge in [-0.15, -0.1) is 0 Å². The highest BCUT2D eigenvalue weighted by Gasteiger charge is 2.06. The Balaban J connectivity index is 0. The molecule has 1 aromatic rings. The molecule has 2 nitrogen and oxygen atoms in total. The summed E-state index contributed by atoms with van der Waals surface area (Å²) in [5.74, 6) is 1.33. The summed E-state index contributed by atoms with van der Waals surface area (Å²) in [6.07, 6.45) is 15.5. The van der Waals surface area contributed by atoms with E-state index in [4.69, 9.17) is 0 Å². The number of carbonyl (C=O) groups excluding carboxylic acids is 1. The van der Waals surface area contributed by atoms with Gasteiger partial charge in [-0.25, -0.2) is 0 Å². The maximum absolute atomic E-state index is 10.0. The molecule has 0 unspecified atom stereocenters. The van der Waals surface area contributed by atoms with Gasteiger partial charge in [0.1, 0.15) is 5.78 Å². The fourth-order valence-corrected chi connectivity index (χ4v) is 4.19. The van der Waals surface area contributed by atoms with Crippen LogP contribution in [0.5, 0.6) is 0 Å². The highest BCUT2D eigenvalue weighted by molar-refractivity contribution is 5.75. The molecule has 2 rings (SSSR count). The third kappa shape index (κ3) is 22.6. The van der Waals surface area contributed by atoms with Crippen molar-refractivity contribution in [2.45, 2.75) is 139 Å². The zero-order chi connectivity index (χ0) is 26.2. The standard InChI is InChI=1S/C11H16.C9H21N.C7H14.C5H10O/c1-4-5-11-7-6-9(2)10(3)8-11;1-4-7-10(8-5-2)9-6-3;1-7-5-3-2-4-6-7;1-3-4-5(2)6/h6-8H,4-5H2,1-3H3;4-9H2,1-3H3;7H,2-6H2,1H3;3-4H2,1-2H3. The smallest absolute Gasteiger partial charge is 0.129 e. The van der Waals surface area contributed by atoms with Gasteiger partial charge in [0, 0.05) is 6.42 Å². The van der Waals surface area contributed by atoms with Gasteiger partial charge < -0.3 is 9.69 Å². The van der Waals surface area contributed by atoms with Crippen LogP contribution in [0.1, 0.15) is 136 Å². The summed E-state index contributed by atoms with van der Waals surface area (Å²) in [5, 5.41) is 0. The Hall–Kier alpha value is -1.15. The van der Waals surface area contributed by atoms with E-state index in [1.54, 1.807) is 6.92 Å². The lowest BCUT2D eigenvalue weighted by atomic mass is 9.91. The van der Waals surface area contributed by atoms with Crippen molar-refractivity contribution in [2.75, 3.05) is 19.6 Å². The summed E-state index contributed by atoms with van der Waals surface area (Å²) in [4.78, 5) is 12.6. The number of nitrogens with zero attached hydrogens (tertiary/aromatic N) is 1. The van der Waals surface area contributed by atoms with E-state index in [0.29, 0.717) is 0 Å². The average Bonchev–Trinajstić information content (AvgIpc) is 2.79. The third-order valence-corrected chi connectivity index (χ3v) is 6.23. The van der Waals surface area contributed by atoms with Gasteiger partial charge in [0.15, 0.2) is 0 Å². The van der Waals surface area contributed by atoms with Crippen molar-refractivity contribution in [1.29, 1.82) is 0 Å². The van der Waals surface area contributed by atoms with E-state index in [1.165, 1.54) is 101 Å². The number of hydrogen-bond acceptors (Lipinski definition) is 2. The van der Waals surface area contributed by atoms with Gasteiger partial charge in [-0.05, 0) is 95.1 Å². The Labute approximate surface area is 215 Å². The Morgan fingerprint density at radius 1 is 0.794 bits per heavy atom. The molecule has 0 heterocycles. The molecule has 0 aliphatic heterocycles. The lowest BCUT2D eigenvalue weighted by Gasteiger charge is -2.19. The molecule has 1 fully saturated rings. The predicted molar refractivity (Wildman–Crippen MR) is 155 cm³/mol.